The lowest BCUT2D eigenvalue weighted by Crippen LogP contribution is -2.49. The summed E-state index contributed by atoms with van der Waals surface area (Å²) in [5.41, 5.74) is 1.76. The van der Waals surface area contributed by atoms with E-state index >= 15 is 0 Å². The largest absolute Gasteiger partial charge is 0.423 e. The minimum absolute atomic E-state index is 0.0786. The van der Waals surface area contributed by atoms with E-state index in [-0.39, 0.29) is 11.8 Å². The Morgan fingerprint density at radius 1 is 1.21 bits per heavy atom. The first-order valence-corrected chi connectivity index (χ1v) is 10.4. The molecule has 152 valence electrons. The Balaban J connectivity index is 1.25. The van der Waals surface area contributed by atoms with Crippen LogP contribution in [0.5, 0.6) is 0 Å². The second-order valence-corrected chi connectivity index (χ2v) is 8.09. The number of aliphatic hydroxyl groups is 1. The Labute approximate surface area is 165 Å². The highest BCUT2D eigenvalue weighted by molar-refractivity contribution is 5.78. The third-order valence-corrected chi connectivity index (χ3v) is 6.01. The summed E-state index contributed by atoms with van der Waals surface area (Å²) in [6.45, 7) is 5.88. The third kappa shape index (κ3) is 4.31. The molecule has 2 aliphatic heterocycles. The average molecular weight is 386 g/mol. The molecule has 7 nitrogen and oxygen atoms in total. The molecule has 0 unspecified atom stereocenters. The maximum absolute atomic E-state index is 12.2. The molecule has 1 aromatic heterocycles. The van der Waals surface area contributed by atoms with Crippen molar-refractivity contribution in [1.82, 2.24) is 15.2 Å². The van der Waals surface area contributed by atoms with Crippen LogP contribution in [0.15, 0.2) is 28.7 Å². The Bertz CT molecular complexity index is 757. The molecular weight excluding hydrogens is 356 g/mol. The SMILES string of the molecule is C[C@H](O)CNC(=O)C1CCN(C2CCN(c3nc4ccccc4o3)CC2)CC1. The van der Waals surface area contributed by atoms with Crippen LogP contribution < -0.4 is 10.2 Å². The first-order valence-electron chi connectivity index (χ1n) is 10.4. The van der Waals surface area contributed by atoms with Crippen molar-refractivity contribution >= 4 is 23.0 Å². The Morgan fingerprint density at radius 2 is 1.93 bits per heavy atom. The Kier molecular flexibility index (Phi) is 5.82. The van der Waals surface area contributed by atoms with Crippen LogP contribution in [0.25, 0.3) is 11.1 Å². The van der Waals surface area contributed by atoms with Gasteiger partial charge in [0.05, 0.1) is 6.10 Å². The molecule has 1 atom stereocenters. The van der Waals surface area contributed by atoms with Gasteiger partial charge < -0.3 is 24.6 Å². The van der Waals surface area contributed by atoms with Gasteiger partial charge in [-0.25, -0.2) is 0 Å². The molecule has 2 aromatic rings. The highest BCUT2D eigenvalue weighted by Gasteiger charge is 2.31. The molecule has 1 aromatic carbocycles. The molecule has 0 radical (unpaired) electrons. The maximum atomic E-state index is 12.2. The molecule has 1 amide bonds. The predicted octanol–water partition coefficient (Wildman–Crippen LogP) is 2.01. The Hall–Kier alpha value is -2.12. The average Bonchev–Trinajstić information content (AvgIpc) is 3.16. The number of carbonyl (C=O) groups excluding carboxylic acids is 1. The monoisotopic (exact) mass is 386 g/mol. The minimum atomic E-state index is -0.490. The number of para-hydroxylation sites is 2. The summed E-state index contributed by atoms with van der Waals surface area (Å²) >= 11 is 0. The van der Waals surface area contributed by atoms with E-state index in [4.69, 9.17) is 4.42 Å². The molecule has 4 rings (SSSR count). The van der Waals surface area contributed by atoms with E-state index < -0.39 is 6.10 Å². The second kappa shape index (κ2) is 8.49. The number of hydrogen-bond donors (Lipinski definition) is 2. The van der Waals surface area contributed by atoms with E-state index in [1.807, 2.05) is 24.3 Å². The quantitative estimate of drug-likeness (QED) is 0.818. The van der Waals surface area contributed by atoms with Crippen molar-refractivity contribution in [3.05, 3.63) is 24.3 Å². The van der Waals surface area contributed by atoms with Crippen molar-refractivity contribution in [1.29, 1.82) is 0 Å². The zero-order chi connectivity index (χ0) is 19.5. The van der Waals surface area contributed by atoms with Gasteiger partial charge in [-0.05, 0) is 57.8 Å². The van der Waals surface area contributed by atoms with Crippen LogP contribution in [-0.2, 0) is 4.79 Å². The van der Waals surface area contributed by atoms with Crippen LogP contribution in [0.4, 0.5) is 6.01 Å². The number of likely N-dealkylation sites (tertiary alicyclic amines) is 1. The van der Waals surface area contributed by atoms with E-state index in [0.717, 1.165) is 69.0 Å². The zero-order valence-corrected chi connectivity index (χ0v) is 16.5. The number of nitrogens with zero attached hydrogens (tertiary/aromatic N) is 3. The summed E-state index contributed by atoms with van der Waals surface area (Å²) in [4.78, 5) is 21.6. The number of carbonyl (C=O) groups is 1. The number of hydrogen-bond acceptors (Lipinski definition) is 6. The van der Waals surface area contributed by atoms with E-state index in [1.165, 1.54) is 0 Å². The molecule has 7 heteroatoms. The van der Waals surface area contributed by atoms with Crippen LogP contribution in [0.3, 0.4) is 0 Å². The highest BCUT2D eigenvalue weighted by Crippen LogP contribution is 2.28. The molecule has 0 spiro atoms. The number of aliphatic hydroxyl groups excluding tert-OH is 1. The summed E-state index contributed by atoms with van der Waals surface area (Å²) in [5.74, 6) is 0.168. The Morgan fingerprint density at radius 3 is 2.61 bits per heavy atom. The fraction of sp³-hybridized carbons (Fsp3) is 0.619. The summed E-state index contributed by atoms with van der Waals surface area (Å²) in [7, 11) is 0. The molecule has 0 saturated carbocycles. The van der Waals surface area contributed by atoms with Gasteiger partial charge in [-0.2, -0.15) is 4.98 Å². The van der Waals surface area contributed by atoms with Gasteiger partial charge in [0.15, 0.2) is 5.58 Å². The van der Waals surface area contributed by atoms with Crippen molar-refractivity contribution in [2.75, 3.05) is 37.6 Å². The van der Waals surface area contributed by atoms with Gasteiger partial charge in [-0.1, -0.05) is 12.1 Å². The molecule has 3 heterocycles. The van der Waals surface area contributed by atoms with Crippen LogP contribution in [0, 0.1) is 5.92 Å². The summed E-state index contributed by atoms with van der Waals surface area (Å²) < 4.78 is 5.91. The number of piperidine rings is 2. The third-order valence-electron chi connectivity index (χ3n) is 6.01. The summed E-state index contributed by atoms with van der Waals surface area (Å²) in [6, 6.07) is 9.19. The second-order valence-electron chi connectivity index (χ2n) is 8.09. The lowest BCUT2D eigenvalue weighted by atomic mass is 9.93. The number of fused-ring (bicyclic) bond motifs is 1. The van der Waals surface area contributed by atoms with E-state index in [1.54, 1.807) is 6.92 Å². The van der Waals surface area contributed by atoms with E-state index in [9.17, 15) is 9.90 Å². The topological polar surface area (TPSA) is 81.8 Å². The molecule has 0 bridgehead atoms. The van der Waals surface area contributed by atoms with Crippen molar-refractivity contribution in [3.63, 3.8) is 0 Å². The first kappa shape index (κ1) is 19.2. The number of anilines is 1. The smallest absolute Gasteiger partial charge is 0.298 e. The van der Waals surface area contributed by atoms with Crippen LogP contribution in [0.2, 0.25) is 0 Å². The van der Waals surface area contributed by atoms with Crippen LogP contribution >= 0.6 is 0 Å². The normalized spacial score (nSPS) is 21.1. The molecule has 2 aliphatic rings. The predicted molar refractivity (Wildman–Crippen MR) is 108 cm³/mol. The molecule has 2 saturated heterocycles. The number of aromatic nitrogens is 1. The van der Waals surface area contributed by atoms with Gasteiger partial charge in [0, 0.05) is 31.6 Å². The zero-order valence-electron chi connectivity index (χ0n) is 16.5. The fourth-order valence-corrected chi connectivity index (χ4v) is 4.34. The number of amides is 1. The van der Waals surface area contributed by atoms with Gasteiger partial charge in [0.2, 0.25) is 5.91 Å². The summed E-state index contributed by atoms with van der Waals surface area (Å²) in [5, 5.41) is 12.2. The lowest BCUT2D eigenvalue weighted by Gasteiger charge is -2.41. The number of rotatable bonds is 5. The van der Waals surface area contributed by atoms with Gasteiger partial charge in [-0.3, -0.25) is 4.79 Å². The van der Waals surface area contributed by atoms with E-state index in [0.29, 0.717) is 12.6 Å². The molecule has 2 N–H and O–H groups in total. The fourth-order valence-electron chi connectivity index (χ4n) is 4.34. The van der Waals surface area contributed by atoms with Crippen LogP contribution in [-0.4, -0.2) is 65.8 Å². The van der Waals surface area contributed by atoms with Crippen molar-refractivity contribution in [2.45, 2.75) is 44.8 Å². The highest BCUT2D eigenvalue weighted by atomic mass is 16.4. The minimum Gasteiger partial charge on any atom is -0.423 e. The standard InChI is InChI=1S/C21H30N4O3/c1-15(26)14-22-20(27)16-6-10-24(11-7-16)17-8-12-25(13-9-17)21-23-18-4-2-3-5-19(18)28-21/h2-5,15-17,26H,6-14H2,1H3,(H,22,27)/t15-/m0/s1. The van der Waals surface area contributed by atoms with E-state index in [2.05, 4.69) is 20.1 Å². The maximum Gasteiger partial charge on any atom is 0.298 e. The molecule has 0 aliphatic carbocycles. The van der Waals surface area contributed by atoms with Gasteiger partial charge in [0.25, 0.3) is 6.01 Å². The number of oxazole rings is 1. The van der Waals surface area contributed by atoms with Gasteiger partial charge >= 0.3 is 0 Å². The number of nitrogens with one attached hydrogen (secondary N) is 1. The molecule has 28 heavy (non-hydrogen) atoms. The van der Waals surface area contributed by atoms with Crippen molar-refractivity contribution in [2.24, 2.45) is 5.92 Å². The molecule has 2 fully saturated rings. The van der Waals surface area contributed by atoms with Crippen LogP contribution in [0.1, 0.15) is 32.6 Å². The first-order chi connectivity index (χ1) is 13.6. The number of benzene rings is 1. The van der Waals surface area contributed by atoms with Crippen molar-refractivity contribution < 1.29 is 14.3 Å². The lowest BCUT2D eigenvalue weighted by molar-refractivity contribution is -0.127. The van der Waals surface area contributed by atoms with Gasteiger partial charge in [0.1, 0.15) is 5.52 Å². The van der Waals surface area contributed by atoms with Gasteiger partial charge in [-0.15, -0.1) is 0 Å². The van der Waals surface area contributed by atoms with Crippen molar-refractivity contribution in [3.8, 4) is 0 Å². The molecular formula is C21H30N4O3. The summed E-state index contributed by atoms with van der Waals surface area (Å²) in [6.07, 6.45) is 3.50.